The van der Waals surface area contributed by atoms with Crippen molar-refractivity contribution in [2.24, 2.45) is 0 Å². The van der Waals surface area contributed by atoms with E-state index in [9.17, 15) is 9.59 Å². The third kappa shape index (κ3) is 3.75. The average Bonchev–Trinajstić information content (AvgIpc) is 2.89. The van der Waals surface area contributed by atoms with Crippen molar-refractivity contribution in [3.05, 3.63) is 134 Å². The van der Waals surface area contributed by atoms with Gasteiger partial charge in [0.2, 0.25) is 0 Å². The Morgan fingerprint density at radius 2 is 1.49 bits per heavy atom. The number of H-pyrrole nitrogens is 1. The first-order valence-corrected chi connectivity index (χ1v) is 11.9. The van der Waals surface area contributed by atoms with Crippen molar-refractivity contribution < 1.29 is 4.74 Å². The zero-order valence-corrected chi connectivity index (χ0v) is 20.0. The maximum absolute atomic E-state index is 13.1. The summed E-state index contributed by atoms with van der Waals surface area (Å²) < 4.78 is 8.18. The second kappa shape index (κ2) is 9.13. The van der Waals surface area contributed by atoms with Crippen LogP contribution < -0.4 is 16.6 Å². The van der Waals surface area contributed by atoms with Gasteiger partial charge in [-0.15, -0.1) is 0 Å². The molecule has 0 spiro atoms. The smallest absolute Gasteiger partial charge is 0.332 e. The van der Waals surface area contributed by atoms with Gasteiger partial charge >= 0.3 is 5.69 Å². The number of hydrogen-bond donors (Lipinski definition) is 2. The normalized spacial score (nSPS) is 18.3. The minimum Gasteiger partial charge on any atom is -0.371 e. The predicted molar refractivity (Wildman–Crippen MR) is 137 cm³/mol. The van der Waals surface area contributed by atoms with E-state index >= 15 is 0 Å². The topological polar surface area (TPSA) is 76.1 Å². The number of rotatable bonds is 5. The first-order chi connectivity index (χ1) is 17.0. The van der Waals surface area contributed by atoms with Gasteiger partial charge in [-0.05, 0) is 36.6 Å². The number of hydrogen-bond acceptors (Lipinski definition) is 4. The molecule has 2 N–H and O–H groups in total. The summed E-state index contributed by atoms with van der Waals surface area (Å²) in [6.07, 6.45) is 1.61. The number of benzene rings is 3. The summed E-state index contributed by atoms with van der Waals surface area (Å²) in [5, 5.41) is 3.54. The Hall–Kier alpha value is -3.74. The van der Waals surface area contributed by atoms with Crippen LogP contribution in [0.1, 0.15) is 29.2 Å². The number of aromatic nitrogens is 2. The predicted octanol–water partition coefficient (Wildman–Crippen LogP) is 3.55. The van der Waals surface area contributed by atoms with E-state index in [-0.39, 0.29) is 5.56 Å². The van der Waals surface area contributed by atoms with E-state index in [2.05, 4.69) is 47.6 Å². The van der Waals surface area contributed by atoms with Gasteiger partial charge in [-0.2, -0.15) is 0 Å². The van der Waals surface area contributed by atoms with Crippen molar-refractivity contribution in [3.63, 3.8) is 0 Å². The Kier molecular flexibility index (Phi) is 6.01. The second-order valence-electron chi connectivity index (χ2n) is 9.20. The molecule has 178 valence electrons. The minimum absolute atomic E-state index is 0.382. The van der Waals surface area contributed by atoms with Crippen LogP contribution in [-0.4, -0.2) is 34.8 Å². The molecule has 1 atom stereocenters. The molecule has 0 radical (unpaired) electrons. The molecular weight excluding hydrogens is 438 g/mol. The van der Waals surface area contributed by atoms with E-state index in [4.69, 9.17) is 4.74 Å². The number of nitrogens with zero attached hydrogens (tertiary/aromatic N) is 1. The Bertz CT molecular complexity index is 1400. The highest BCUT2D eigenvalue weighted by molar-refractivity contribution is 5.61. The zero-order chi connectivity index (χ0) is 24.5. The monoisotopic (exact) mass is 467 g/mol. The Balaban J connectivity index is 1.94. The SMILES string of the molecule is Cc1cn(-c2ccccc2C(c2ccccc2)(c2ccccc2)[C@@]2(C)CNCCO2)c(=O)[nH]c1=O. The first-order valence-electron chi connectivity index (χ1n) is 11.9. The van der Waals surface area contributed by atoms with Gasteiger partial charge in [0.15, 0.2) is 0 Å². The highest BCUT2D eigenvalue weighted by atomic mass is 16.5. The molecule has 6 nitrogen and oxygen atoms in total. The van der Waals surface area contributed by atoms with Crippen molar-refractivity contribution in [1.82, 2.24) is 14.9 Å². The molecule has 1 aliphatic rings. The molecule has 35 heavy (non-hydrogen) atoms. The Morgan fingerprint density at radius 1 is 0.886 bits per heavy atom. The van der Waals surface area contributed by atoms with Crippen LogP contribution >= 0.6 is 0 Å². The Labute approximate surface area is 204 Å². The second-order valence-corrected chi connectivity index (χ2v) is 9.20. The maximum atomic E-state index is 13.1. The standard InChI is InChI=1S/C29H29N3O3/c1-21-19-32(27(34)31-26(21)33)25-16-10-9-15-24(25)29(22-11-5-3-6-12-22,23-13-7-4-8-14-23)28(2)20-30-17-18-35-28/h3-16,19,30H,17-18,20H2,1-2H3,(H,31,33,34)/t28-/m1/s1. The molecule has 1 aliphatic heterocycles. The molecular formula is C29H29N3O3. The van der Waals surface area contributed by atoms with Gasteiger partial charge in [0, 0.05) is 24.8 Å². The number of aryl methyl sites for hydroxylation is 1. The lowest BCUT2D eigenvalue weighted by Gasteiger charge is -2.52. The molecule has 0 unspecified atom stereocenters. The third-order valence-corrected chi connectivity index (χ3v) is 7.06. The number of ether oxygens (including phenoxy) is 1. The lowest BCUT2D eigenvalue weighted by molar-refractivity contribution is -0.0844. The van der Waals surface area contributed by atoms with Crippen molar-refractivity contribution in [2.75, 3.05) is 19.7 Å². The van der Waals surface area contributed by atoms with E-state index in [1.807, 2.05) is 54.6 Å². The molecule has 5 rings (SSSR count). The summed E-state index contributed by atoms with van der Waals surface area (Å²) >= 11 is 0. The van der Waals surface area contributed by atoms with Crippen LogP contribution in [0.3, 0.4) is 0 Å². The number of para-hydroxylation sites is 1. The molecule has 3 aromatic carbocycles. The van der Waals surface area contributed by atoms with Crippen LogP contribution in [0.2, 0.25) is 0 Å². The summed E-state index contributed by atoms with van der Waals surface area (Å²) in [5.41, 5.74) is 1.86. The number of morpholine rings is 1. The van der Waals surface area contributed by atoms with Crippen LogP contribution in [-0.2, 0) is 10.2 Å². The van der Waals surface area contributed by atoms with Crippen molar-refractivity contribution >= 4 is 0 Å². The largest absolute Gasteiger partial charge is 0.371 e. The minimum atomic E-state index is -0.775. The highest BCUT2D eigenvalue weighted by Gasteiger charge is 2.54. The summed E-state index contributed by atoms with van der Waals surface area (Å²) in [7, 11) is 0. The van der Waals surface area contributed by atoms with E-state index in [1.165, 1.54) is 4.57 Å². The molecule has 0 saturated carbocycles. The molecule has 1 fully saturated rings. The van der Waals surface area contributed by atoms with Crippen LogP contribution in [0.4, 0.5) is 0 Å². The van der Waals surface area contributed by atoms with Crippen LogP contribution in [0.25, 0.3) is 5.69 Å². The average molecular weight is 468 g/mol. The van der Waals surface area contributed by atoms with Gasteiger partial charge in [-0.3, -0.25) is 14.3 Å². The lowest BCUT2D eigenvalue weighted by atomic mass is 9.59. The zero-order valence-electron chi connectivity index (χ0n) is 20.0. The summed E-state index contributed by atoms with van der Waals surface area (Å²) in [5.74, 6) is 0. The number of nitrogens with one attached hydrogen (secondary N) is 2. The van der Waals surface area contributed by atoms with E-state index in [1.54, 1.807) is 13.1 Å². The van der Waals surface area contributed by atoms with Gasteiger partial charge in [-0.1, -0.05) is 78.9 Å². The van der Waals surface area contributed by atoms with Crippen LogP contribution in [0, 0.1) is 6.92 Å². The lowest BCUT2D eigenvalue weighted by Crippen LogP contribution is -2.61. The van der Waals surface area contributed by atoms with Gasteiger partial charge in [0.1, 0.15) is 0 Å². The summed E-state index contributed by atoms with van der Waals surface area (Å²) in [6, 6.07) is 28.5. The van der Waals surface area contributed by atoms with Crippen molar-refractivity contribution in [1.29, 1.82) is 0 Å². The van der Waals surface area contributed by atoms with Crippen LogP contribution in [0.15, 0.2) is 101 Å². The molecule has 1 aromatic heterocycles. The maximum Gasteiger partial charge on any atom is 0.332 e. The van der Waals surface area contributed by atoms with Crippen LogP contribution in [0.5, 0.6) is 0 Å². The van der Waals surface area contributed by atoms with E-state index < -0.39 is 16.7 Å². The Morgan fingerprint density at radius 3 is 2.09 bits per heavy atom. The van der Waals surface area contributed by atoms with Gasteiger partial charge < -0.3 is 10.1 Å². The van der Waals surface area contributed by atoms with Gasteiger partial charge in [0.25, 0.3) is 5.56 Å². The molecule has 6 heteroatoms. The quantitative estimate of drug-likeness (QED) is 0.440. The number of aromatic amines is 1. The molecule has 0 amide bonds. The fourth-order valence-electron chi connectivity index (χ4n) is 5.46. The van der Waals surface area contributed by atoms with Crippen molar-refractivity contribution in [2.45, 2.75) is 24.9 Å². The summed E-state index contributed by atoms with van der Waals surface area (Å²) in [6.45, 7) is 5.79. The fourth-order valence-corrected chi connectivity index (χ4v) is 5.46. The fraction of sp³-hybridized carbons (Fsp3) is 0.241. The van der Waals surface area contributed by atoms with E-state index in [0.717, 1.165) is 23.2 Å². The third-order valence-electron chi connectivity index (χ3n) is 7.06. The summed E-state index contributed by atoms with van der Waals surface area (Å²) in [4.78, 5) is 27.7. The molecule has 0 aliphatic carbocycles. The molecule has 0 bridgehead atoms. The first kappa shape index (κ1) is 23.0. The van der Waals surface area contributed by atoms with E-state index in [0.29, 0.717) is 24.4 Å². The molecule has 2 heterocycles. The van der Waals surface area contributed by atoms with Gasteiger partial charge in [-0.25, -0.2) is 4.79 Å². The highest BCUT2D eigenvalue weighted by Crippen LogP contribution is 2.51. The van der Waals surface area contributed by atoms with Crippen molar-refractivity contribution in [3.8, 4) is 5.69 Å². The van der Waals surface area contributed by atoms with Gasteiger partial charge in [0.05, 0.1) is 23.3 Å². The molecule has 1 saturated heterocycles. The molecule has 4 aromatic rings.